The van der Waals surface area contributed by atoms with Gasteiger partial charge in [0.1, 0.15) is 4.32 Å². The number of morpholine rings is 1. The summed E-state index contributed by atoms with van der Waals surface area (Å²) in [5.74, 6) is -0.219. The summed E-state index contributed by atoms with van der Waals surface area (Å²) in [6, 6.07) is 15.3. The van der Waals surface area contributed by atoms with Crippen molar-refractivity contribution in [3.05, 3.63) is 79.9 Å². The van der Waals surface area contributed by atoms with E-state index in [0.717, 1.165) is 22.2 Å². The molecule has 3 aromatic rings. The van der Waals surface area contributed by atoms with Crippen molar-refractivity contribution in [2.24, 2.45) is 0 Å². The lowest BCUT2D eigenvalue weighted by molar-refractivity contribution is -0.122. The zero-order valence-corrected chi connectivity index (χ0v) is 21.6. The van der Waals surface area contributed by atoms with Crippen LogP contribution < -0.4 is 10.5 Å². The lowest BCUT2D eigenvalue weighted by atomic mass is 10.1. The Balaban J connectivity index is 1.62. The highest BCUT2D eigenvalue weighted by Crippen LogP contribution is 2.37. The van der Waals surface area contributed by atoms with Crippen molar-refractivity contribution in [2.45, 2.75) is 20.0 Å². The van der Waals surface area contributed by atoms with E-state index < -0.39 is 0 Å². The first-order valence-electron chi connectivity index (χ1n) is 11.5. The van der Waals surface area contributed by atoms with Gasteiger partial charge in [0, 0.05) is 30.0 Å². The number of aryl methyl sites for hydroxylation is 1. The second-order valence-electron chi connectivity index (χ2n) is 8.29. The fourth-order valence-electron chi connectivity index (χ4n) is 4.55. The molecule has 6 nitrogen and oxygen atoms in total. The van der Waals surface area contributed by atoms with Crippen LogP contribution in [0.2, 0.25) is 5.02 Å². The van der Waals surface area contributed by atoms with Crippen molar-refractivity contribution in [1.82, 2.24) is 9.47 Å². The van der Waals surface area contributed by atoms with Crippen molar-refractivity contribution < 1.29 is 9.53 Å². The number of rotatable bonds is 5. The monoisotopic (exact) mass is 525 g/mol. The first-order chi connectivity index (χ1) is 17.0. The van der Waals surface area contributed by atoms with Crippen LogP contribution in [0.4, 0.5) is 5.69 Å². The number of ether oxygens (including phenoxy) is 1. The molecular formula is C26H24ClN3O3S2. The van der Waals surface area contributed by atoms with Gasteiger partial charge in [0.15, 0.2) is 0 Å². The van der Waals surface area contributed by atoms with Gasteiger partial charge in [-0.15, -0.1) is 0 Å². The fraction of sp³-hybridized carbons (Fsp3) is 0.269. The molecule has 5 rings (SSSR count). The molecule has 1 aromatic heterocycles. The second-order valence-corrected chi connectivity index (χ2v) is 10.4. The summed E-state index contributed by atoms with van der Waals surface area (Å²) in [6.45, 7) is 5.29. The molecule has 2 aliphatic heterocycles. The van der Waals surface area contributed by atoms with Gasteiger partial charge in [-0.25, -0.2) is 0 Å². The standard InChI is InChI=1S/C26H24ClN3O3S2/c1-2-29-21-10-6-4-8-18(21)23(28-11-13-33-14-12-28)19(24(29)31)15-22-25(32)30(26(34)35-22)16-17-7-3-5-9-20(17)27/h3-10,15H,2,11-14,16H2,1H3. The number of hydrogen-bond acceptors (Lipinski definition) is 6. The van der Waals surface area contributed by atoms with Crippen LogP contribution >= 0.6 is 35.6 Å². The fourth-order valence-corrected chi connectivity index (χ4v) is 5.98. The van der Waals surface area contributed by atoms with Crippen LogP contribution in [0, 0.1) is 0 Å². The summed E-state index contributed by atoms with van der Waals surface area (Å²) < 4.78 is 7.77. The lowest BCUT2D eigenvalue weighted by Crippen LogP contribution is -2.38. The Labute approximate surface area is 218 Å². The Morgan fingerprint density at radius 3 is 2.54 bits per heavy atom. The summed E-state index contributed by atoms with van der Waals surface area (Å²) in [5, 5.41) is 1.56. The maximum absolute atomic E-state index is 13.7. The predicted molar refractivity (Wildman–Crippen MR) is 147 cm³/mol. The van der Waals surface area contributed by atoms with Gasteiger partial charge in [-0.1, -0.05) is 72.0 Å². The van der Waals surface area contributed by atoms with Crippen molar-refractivity contribution in [3.63, 3.8) is 0 Å². The maximum Gasteiger partial charge on any atom is 0.266 e. The van der Waals surface area contributed by atoms with Gasteiger partial charge in [0.2, 0.25) is 0 Å². The third-order valence-corrected chi connectivity index (χ3v) is 8.01. The van der Waals surface area contributed by atoms with Gasteiger partial charge < -0.3 is 14.2 Å². The van der Waals surface area contributed by atoms with Crippen molar-refractivity contribution in [1.29, 1.82) is 0 Å². The topological polar surface area (TPSA) is 54.8 Å². The molecule has 0 aliphatic carbocycles. The van der Waals surface area contributed by atoms with Crippen LogP contribution in [0.25, 0.3) is 17.0 Å². The van der Waals surface area contributed by atoms with E-state index >= 15 is 0 Å². The summed E-state index contributed by atoms with van der Waals surface area (Å²) in [4.78, 5) is 31.3. The average molecular weight is 526 g/mol. The molecule has 180 valence electrons. The van der Waals surface area contributed by atoms with E-state index in [1.165, 1.54) is 11.8 Å². The second kappa shape index (κ2) is 10.1. The smallest absolute Gasteiger partial charge is 0.266 e. The Morgan fingerprint density at radius 1 is 1.09 bits per heavy atom. The highest BCUT2D eigenvalue weighted by molar-refractivity contribution is 8.26. The molecule has 35 heavy (non-hydrogen) atoms. The van der Waals surface area contributed by atoms with Crippen molar-refractivity contribution >= 4 is 68.5 Å². The minimum absolute atomic E-state index is 0.121. The van der Waals surface area contributed by atoms with Crippen LogP contribution in [0.15, 0.2) is 58.2 Å². The summed E-state index contributed by atoms with van der Waals surface area (Å²) >= 11 is 13.1. The number of fused-ring (bicyclic) bond motifs is 1. The molecule has 0 N–H and O–H groups in total. The van der Waals surface area contributed by atoms with Gasteiger partial charge in [0.05, 0.1) is 41.4 Å². The molecule has 2 fully saturated rings. The van der Waals surface area contributed by atoms with E-state index in [-0.39, 0.29) is 18.0 Å². The number of aromatic nitrogens is 1. The largest absolute Gasteiger partial charge is 0.378 e. The number of para-hydroxylation sites is 1. The van der Waals surface area contributed by atoms with Crippen LogP contribution in [0.1, 0.15) is 18.1 Å². The zero-order valence-electron chi connectivity index (χ0n) is 19.2. The Bertz CT molecular complexity index is 1410. The van der Waals surface area contributed by atoms with E-state index in [1.54, 1.807) is 21.6 Å². The number of thiocarbonyl (C=S) groups is 1. The summed E-state index contributed by atoms with van der Waals surface area (Å²) in [6.07, 6.45) is 1.72. The number of thioether (sulfide) groups is 1. The van der Waals surface area contributed by atoms with Crippen LogP contribution in [-0.4, -0.2) is 46.0 Å². The number of halogens is 1. The van der Waals surface area contributed by atoms with Crippen LogP contribution in [0.3, 0.4) is 0 Å². The van der Waals surface area contributed by atoms with Crippen molar-refractivity contribution in [3.8, 4) is 0 Å². The number of carbonyl (C=O) groups is 1. The lowest BCUT2D eigenvalue weighted by Gasteiger charge is -2.31. The zero-order chi connectivity index (χ0) is 24.5. The quantitative estimate of drug-likeness (QED) is 0.348. The number of anilines is 1. The third kappa shape index (κ3) is 4.51. The van der Waals surface area contributed by atoms with E-state index in [0.29, 0.717) is 52.7 Å². The number of amides is 1. The molecule has 3 heterocycles. The Morgan fingerprint density at radius 2 is 1.80 bits per heavy atom. The van der Waals surface area contributed by atoms with Crippen LogP contribution in [-0.2, 0) is 22.6 Å². The van der Waals surface area contributed by atoms with Gasteiger partial charge in [-0.2, -0.15) is 0 Å². The normalized spacial score (nSPS) is 17.7. The van der Waals surface area contributed by atoms with Gasteiger partial charge in [-0.3, -0.25) is 14.5 Å². The molecule has 2 aromatic carbocycles. The molecule has 1 amide bonds. The minimum Gasteiger partial charge on any atom is -0.378 e. The molecule has 0 spiro atoms. The average Bonchev–Trinajstić information content (AvgIpc) is 3.14. The molecule has 9 heteroatoms. The number of hydrogen-bond donors (Lipinski definition) is 0. The number of benzene rings is 2. The first kappa shape index (κ1) is 24.1. The Kier molecular flexibility index (Phi) is 6.98. The first-order valence-corrected chi connectivity index (χ1v) is 13.1. The molecule has 2 saturated heterocycles. The molecule has 0 saturated carbocycles. The molecule has 0 unspecified atom stereocenters. The molecular weight excluding hydrogens is 502 g/mol. The number of nitrogens with zero attached hydrogens (tertiary/aromatic N) is 3. The van der Waals surface area contributed by atoms with E-state index in [2.05, 4.69) is 4.90 Å². The summed E-state index contributed by atoms with van der Waals surface area (Å²) in [7, 11) is 0. The van der Waals surface area contributed by atoms with Crippen molar-refractivity contribution in [2.75, 3.05) is 31.2 Å². The Hall–Kier alpha value is -2.65. The van der Waals surface area contributed by atoms with Gasteiger partial charge in [-0.05, 0) is 30.7 Å². The van der Waals surface area contributed by atoms with Gasteiger partial charge in [0.25, 0.3) is 11.5 Å². The predicted octanol–water partition coefficient (Wildman–Crippen LogP) is 4.91. The molecule has 2 aliphatic rings. The highest BCUT2D eigenvalue weighted by atomic mass is 35.5. The van der Waals surface area contributed by atoms with Gasteiger partial charge >= 0.3 is 0 Å². The van der Waals surface area contributed by atoms with E-state index in [4.69, 9.17) is 28.6 Å². The molecule has 0 bridgehead atoms. The summed E-state index contributed by atoms with van der Waals surface area (Å²) in [5.41, 5.74) is 2.93. The number of carbonyl (C=O) groups excluding carboxylic acids is 1. The molecule has 0 radical (unpaired) electrons. The number of pyridine rings is 1. The van der Waals surface area contributed by atoms with E-state index in [1.807, 2.05) is 49.4 Å². The highest BCUT2D eigenvalue weighted by Gasteiger charge is 2.33. The maximum atomic E-state index is 13.7. The SMILES string of the molecule is CCn1c(=O)c(C=C2SC(=S)N(Cc3ccccc3Cl)C2=O)c(N2CCOCC2)c2ccccc21. The third-order valence-electron chi connectivity index (χ3n) is 6.26. The van der Waals surface area contributed by atoms with E-state index in [9.17, 15) is 9.59 Å². The van der Waals surface area contributed by atoms with Crippen LogP contribution in [0.5, 0.6) is 0 Å². The minimum atomic E-state index is -0.219. The molecule has 0 atom stereocenters.